The van der Waals surface area contributed by atoms with Gasteiger partial charge >= 0.3 is 7.82 Å². The third-order valence-corrected chi connectivity index (χ3v) is 10.4. The molecule has 0 heterocycles. The van der Waals surface area contributed by atoms with Crippen LogP contribution in [0, 0.1) is 17.8 Å². The van der Waals surface area contributed by atoms with Gasteiger partial charge in [0.25, 0.3) is 0 Å². The van der Waals surface area contributed by atoms with Crippen molar-refractivity contribution in [3.8, 4) is 0 Å². The lowest BCUT2D eigenvalue weighted by molar-refractivity contribution is 0.193. The van der Waals surface area contributed by atoms with Gasteiger partial charge in [0.2, 0.25) is 0 Å². The third kappa shape index (κ3) is 35.0. The monoisotopic (exact) mass is 645 g/mol. The number of phosphoric ester groups is 1. The molecule has 0 aromatic rings. The van der Waals surface area contributed by atoms with Crippen molar-refractivity contribution < 1.29 is 18.9 Å². The standard InChI is InChI=1S/C39H81O4P/c1-5-7-9-11-13-19-23-27-31-37(3)35-39(36-38(4)32-28-24-20-14-12-10-8-6-2)33-29-25-21-17-15-16-18-22-26-30-34-43-44(40,41)42/h37-39H,5-36H2,1-4H3,(H2,40,41,42). The van der Waals surface area contributed by atoms with Crippen LogP contribution >= 0.6 is 7.82 Å². The van der Waals surface area contributed by atoms with Gasteiger partial charge in [-0.1, -0.05) is 207 Å². The number of unbranched alkanes of at least 4 members (excludes halogenated alkanes) is 23. The predicted octanol–water partition coefficient (Wildman–Crippen LogP) is 14.1. The van der Waals surface area contributed by atoms with Gasteiger partial charge in [-0.05, 0) is 37.0 Å². The highest BCUT2D eigenvalue weighted by molar-refractivity contribution is 7.46. The molecule has 0 aliphatic rings. The summed E-state index contributed by atoms with van der Waals surface area (Å²) in [5, 5.41) is 0. The molecule has 44 heavy (non-hydrogen) atoms. The smallest absolute Gasteiger partial charge is 0.303 e. The minimum Gasteiger partial charge on any atom is -0.303 e. The van der Waals surface area contributed by atoms with Crippen LogP contribution in [-0.2, 0) is 9.09 Å². The van der Waals surface area contributed by atoms with Crippen molar-refractivity contribution in [2.75, 3.05) is 6.61 Å². The minimum absolute atomic E-state index is 0.168. The molecule has 0 amide bonds. The third-order valence-electron chi connectivity index (χ3n) is 9.84. The van der Waals surface area contributed by atoms with Crippen molar-refractivity contribution in [2.24, 2.45) is 17.8 Å². The van der Waals surface area contributed by atoms with E-state index in [0.717, 1.165) is 37.0 Å². The van der Waals surface area contributed by atoms with Crippen LogP contribution in [0.4, 0.5) is 0 Å². The summed E-state index contributed by atoms with van der Waals surface area (Å²) < 4.78 is 15.2. The molecule has 4 nitrogen and oxygen atoms in total. The second-order valence-electron chi connectivity index (χ2n) is 14.7. The lowest BCUT2D eigenvalue weighted by atomic mass is 9.81. The molecule has 0 aromatic carbocycles. The first-order chi connectivity index (χ1) is 21.3. The molecule has 266 valence electrons. The lowest BCUT2D eigenvalue weighted by Gasteiger charge is -2.24. The topological polar surface area (TPSA) is 66.8 Å². The maximum absolute atomic E-state index is 10.7. The Balaban J connectivity index is 4.18. The van der Waals surface area contributed by atoms with Crippen LogP contribution in [0.5, 0.6) is 0 Å². The molecule has 5 heteroatoms. The fraction of sp³-hybridized carbons (Fsp3) is 1.00. The van der Waals surface area contributed by atoms with Gasteiger partial charge in [0.15, 0.2) is 0 Å². The van der Waals surface area contributed by atoms with Crippen LogP contribution in [0.15, 0.2) is 0 Å². The number of phosphoric acid groups is 1. The van der Waals surface area contributed by atoms with E-state index in [1.165, 1.54) is 180 Å². The highest BCUT2D eigenvalue weighted by Crippen LogP contribution is 2.36. The van der Waals surface area contributed by atoms with E-state index in [4.69, 9.17) is 9.79 Å². The molecular weight excluding hydrogens is 563 g/mol. The van der Waals surface area contributed by atoms with Crippen LogP contribution < -0.4 is 0 Å². The predicted molar refractivity (Wildman–Crippen MR) is 194 cm³/mol. The van der Waals surface area contributed by atoms with Gasteiger partial charge in [-0.2, -0.15) is 0 Å². The van der Waals surface area contributed by atoms with E-state index in [1.807, 2.05) is 0 Å². The summed E-state index contributed by atoms with van der Waals surface area (Å²) in [7, 11) is -4.29. The van der Waals surface area contributed by atoms with Crippen molar-refractivity contribution in [3.05, 3.63) is 0 Å². The van der Waals surface area contributed by atoms with Crippen molar-refractivity contribution in [3.63, 3.8) is 0 Å². The molecule has 0 bridgehead atoms. The van der Waals surface area contributed by atoms with Gasteiger partial charge in [0.1, 0.15) is 0 Å². The largest absolute Gasteiger partial charge is 0.469 e. The van der Waals surface area contributed by atoms with Gasteiger partial charge in [0.05, 0.1) is 6.61 Å². The van der Waals surface area contributed by atoms with E-state index in [0.29, 0.717) is 0 Å². The Hall–Kier alpha value is 0.110. The van der Waals surface area contributed by atoms with Gasteiger partial charge < -0.3 is 9.79 Å². The summed E-state index contributed by atoms with van der Waals surface area (Å²) in [5.74, 6) is 2.70. The Kier molecular flexibility index (Phi) is 33.1. The molecule has 0 radical (unpaired) electrons. The van der Waals surface area contributed by atoms with E-state index in [9.17, 15) is 4.57 Å². The Bertz CT molecular complexity index is 579. The van der Waals surface area contributed by atoms with Crippen LogP contribution in [0.2, 0.25) is 0 Å². The molecule has 2 atom stereocenters. The summed E-state index contributed by atoms with van der Waals surface area (Å²) in [4.78, 5) is 17.4. The van der Waals surface area contributed by atoms with Crippen molar-refractivity contribution in [2.45, 2.75) is 227 Å². The summed E-state index contributed by atoms with van der Waals surface area (Å²) in [5.41, 5.74) is 0. The van der Waals surface area contributed by atoms with E-state index < -0.39 is 7.82 Å². The fourth-order valence-electron chi connectivity index (χ4n) is 7.09. The molecule has 0 saturated carbocycles. The molecule has 0 aliphatic carbocycles. The van der Waals surface area contributed by atoms with Crippen molar-refractivity contribution >= 4 is 7.82 Å². The highest BCUT2D eigenvalue weighted by Gasteiger charge is 2.17. The second kappa shape index (κ2) is 33.0. The average molecular weight is 645 g/mol. The Morgan fingerprint density at radius 1 is 0.455 bits per heavy atom. The van der Waals surface area contributed by atoms with E-state index in [1.54, 1.807) is 0 Å². The van der Waals surface area contributed by atoms with Gasteiger partial charge in [-0.25, -0.2) is 4.57 Å². The fourth-order valence-corrected chi connectivity index (χ4v) is 7.46. The first-order valence-electron chi connectivity index (χ1n) is 20.0. The summed E-state index contributed by atoms with van der Waals surface area (Å²) in [6.45, 7) is 9.87. The molecule has 0 fully saturated rings. The van der Waals surface area contributed by atoms with Crippen LogP contribution in [0.1, 0.15) is 227 Å². The summed E-state index contributed by atoms with van der Waals surface area (Å²) >= 11 is 0. The molecule has 0 rings (SSSR count). The Labute approximate surface area is 277 Å². The Morgan fingerprint density at radius 3 is 1.09 bits per heavy atom. The molecule has 0 saturated heterocycles. The molecule has 2 unspecified atom stereocenters. The molecular formula is C39H81O4P. The van der Waals surface area contributed by atoms with E-state index >= 15 is 0 Å². The zero-order valence-electron chi connectivity index (χ0n) is 30.5. The quantitative estimate of drug-likeness (QED) is 0.0526. The number of hydrogen-bond donors (Lipinski definition) is 2. The molecule has 0 aromatic heterocycles. The van der Waals surface area contributed by atoms with Crippen molar-refractivity contribution in [1.29, 1.82) is 0 Å². The van der Waals surface area contributed by atoms with Gasteiger partial charge in [0, 0.05) is 0 Å². The van der Waals surface area contributed by atoms with Crippen LogP contribution in [-0.4, -0.2) is 16.4 Å². The van der Waals surface area contributed by atoms with E-state index in [2.05, 4.69) is 32.2 Å². The number of rotatable bonds is 36. The SMILES string of the molecule is CCCCCCCCCCC(C)CC(CCCCCCCCCCCCOP(=O)(O)O)CC(C)CCCCCCCCCC. The van der Waals surface area contributed by atoms with Crippen LogP contribution in [0.25, 0.3) is 0 Å². The minimum atomic E-state index is -4.29. The lowest BCUT2D eigenvalue weighted by Crippen LogP contribution is -2.11. The van der Waals surface area contributed by atoms with Crippen molar-refractivity contribution in [1.82, 2.24) is 0 Å². The summed E-state index contributed by atoms with van der Waals surface area (Å²) in [6, 6.07) is 0. The van der Waals surface area contributed by atoms with Gasteiger partial charge in [-0.15, -0.1) is 0 Å². The molecule has 2 N–H and O–H groups in total. The first kappa shape index (κ1) is 44.1. The average Bonchev–Trinajstić information content (AvgIpc) is 2.97. The summed E-state index contributed by atoms with van der Waals surface area (Å²) in [6.07, 6.45) is 42.4. The molecule has 0 spiro atoms. The number of hydrogen-bond acceptors (Lipinski definition) is 2. The van der Waals surface area contributed by atoms with E-state index in [-0.39, 0.29) is 6.61 Å². The normalized spacial score (nSPS) is 14.2. The Morgan fingerprint density at radius 2 is 0.750 bits per heavy atom. The maximum atomic E-state index is 10.7. The zero-order valence-corrected chi connectivity index (χ0v) is 31.4. The molecule has 0 aliphatic heterocycles. The second-order valence-corrected chi connectivity index (χ2v) is 16.0. The first-order valence-corrected chi connectivity index (χ1v) is 21.5. The zero-order chi connectivity index (χ0) is 32.6. The maximum Gasteiger partial charge on any atom is 0.469 e. The van der Waals surface area contributed by atoms with Crippen LogP contribution in [0.3, 0.4) is 0 Å². The highest BCUT2D eigenvalue weighted by atomic mass is 31.2. The van der Waals surface area contributed by atoms with Gasteiger partial charge in [-0.3, -0.25) is 4.52 Å².